The van der Waals surface area contributed by atoms with Gasteiger partial charge in [0.05, 0.1) is 0 Å². The third-order valence-corrected chi connectivity index (χ3v) is 23.9. The van der Waals surface area contributed by atoms with Gasteiger partial charge in [-0.05, 0) is 209 Å². The van der Waals surface area contributed by atoms with E-state index in [1.807, 2.05) is 285 Å². The summed E-state index contributed by atoms with van der Waals surface area (Å²) in [5, 5.41) is 76.2. The minimum absolute atomic E-state index is 0.102. The Hall–Kier alpha value is -11.9. The molecule has 8 atom stereocenters. The predicted octanol–water partition coefficient (Wildman–Crippen LogP) is 22.2. The van der Waals surface area contributed by atoms with Crippen molar-refractivity contribution in [1.82, 2.24) is 0 Å². The lowest BCUT2D eigenvalue weighted by atomic mass is 9.81. The van der Waals surface area contributed by atoms with Crippen molar-refractivity contribution in [3.05, 3.63) is 408 Å². The van der Waals surface area contributed by atoms with Gasteiger partial charge in [0, 0.05) is 67.0 Å². The van der Waals surface area contributed by atoms with Gasteiger partial charge >= 0.3 is 52.6 Å². The van der Waals surface area contributed by atoms with Gasteiger partial charge in [-0.1, -0.05) is 351 Å². The number of ether oxygens (including phenoxy) is 4. The van der Waals surface area contributed by atoms with Crippen molar-refractivity contribution in [1.29, 1.82) is 0 Å². The number of aliphatic carboxylic acids is 3. The molecule has 13 aromatic rings. The second-order valence-electron chi connectivity index (χ2n) is 31.8. The van der Waals surface area contributed by atoms with E-state index < -0.39 is 107 Å². The van der Waals surface area contributed by atoms with Gasteiger partial charge in [0.15, 0.2) is 47.9 Å². The van der Waals surface area contributed by atoms with Gasteiger partial charge in [-0.15, -0.1) is 0 Å². The maximum Gasteiger partial charge on any atom is 0.523 e. The van der Waals surface area contributed by atoms with Crippen LogP contribution < -0.4 is 5.46 Å². The van der Waals surface area contributed by atoms with Crippen LogP contribution in [-0.4, -0.2) is 158 Å². The van der Waals surface area contributed by atoms with Crippen molar-refractivity contribution in [2.75, 3.05) is 0 Å². The highest BCUT2D eigenvalue weighted by Crippen LogP contribution is 2.31. The zero-order valence-corrected chi connectivity index (χ0v) is 86.3. The number of halogens is 10. The summed E-state index contributed by atoms with van der Waals surface area (Å²) in [5.41, 5.74) is 10.3. The number of ketones is 3. The lowest BCUT2D eigenvalue weighted by Gasteiger charge is -2.20. The van der Waals surface area contributed by atoms with Crippen LogP contribution in [0.2, 0.25) is 25.1 Å². The molecule has 13 aromatic carbocycles. The number of rotatable bonds is 34. The number of esters is 2. The predicted molar refractivity (Wildman–Crippen MR) is 560 cm³/mol. The molecule has 0 unspecified atom stereocenters. The topological polar surface area (TPSA) is 379 Å². The van der Waals surface area contributed by atoms with Gasteiger partial charge in [-0.25, -0.2) is 24.0 Å². The normalized spacial score (nSPS) is 12.4. The summed E-state index contributed by atoms with van der Waals surface area (Å²) >= 11 is 36.2. The Labute approximate surface area is 875 Å². The summed E-state index contributed by atoms with van der Waals surface area (Å²) in [5.74, 6) is -5.73. The molecule has 0 fully saturated rings. The van der Waals surface area contributed by atoms with Crippen LogP contribution >= 0.6 is 89.9 Å². The van der Waals surface area contributed by atoms with Gasteiger partial charge in [-0.3, -0.25) is 18.6 Å². The summed E-state index contributed by atoms with van der Waals surface area (Å²) in [7, 11) is -7.09. The van der Waals surface area contributed by atoms with Gasteiger partial charge in [0.1, 0.15) is 31.5 Å². The number of carboxylic acids is 3. The van der Waals surface area contributed by atoms with Crippen LogP contribution in [0.3, 0.4) is 0 Å². The monoisotopic (exact) mass is 2210 g/mol. The van der Waals surface area contributed by atoms with Crippen LogP contribution in [0, 0.1) is 0 Å². The number of alkyl halides is 4. The third-order valence-electron chi connectivity index (χ3n) is 20.5. The Bertz CT molecular complexity index is 6340. The Kier molecular flexibility index (Phi) is 52.6. The van der Waals surface area contributed by atoms with E-state index in [-0.39, 0.29) is 50.5 Å². The summed E-state index contributed by atoms with van der Waals surface area (Å²) in [4.78, 5) is 90.2. The van der Waals surface area contributed by atoms with E-state index in [2.05, 4.69) is 48.2 Å². The molecule has 0 amide bonds. The summed E-state index contributed by atoms with van der Waals surface area (Å²) < 4.78 is 81.6. The molecule has 0 aliphatic carbocycles. The average Bonchev–Trinajstić information content (AvgIpc) is 0.696. The highest BCUT2D eigenvalue weighted by molar-refractivity contribution is 9.10. The summed E-state index contributed by atoms with van der Waals surface area (Å²) in [6.07, 6.45) is -7.89. The number of carboxylic acid groups (broad SMARTS) is 3. The van der Waals surface area contributed by atoms with E-state index in [9.17, 15) is 75.3 Å². The van der Waals surface area contributed by atoms with Gasteiger partial charge in [0.25, 0.3) is 0 Å². The number of aliphatic hydroxyl groups is 3. The first-order chi connectivity index (χ1) is 68.3. The van der Waals surface area contributed by atoms with Gasteiger partial charge in [-0.2, -0.15) is 21.6 Å². The van der Waals surface area contributed by atoms with E-state index in [4.69, 9.17) is 102 Å². The average molecular weight is 2220 g/mol. The number of aliphatic hydroxyl groups excluding tert-OH is 3. The van der Waals surface area contributed by atoms with Crippen molar-refractivity contribution in [2.45, 2.75) is 147 Å². The largest absolute Gasteiger partial charge is 0.523 e. The first-order valence-electron chi connectivity index (χ1n) is 44.1. The quantitative estimate of drug-likeness (QED) is 0.00610. The zero-order chi connectivity index (χ0) is 106. The lowest BCUT2D eigenvalue weighted by Crippen LogP contribution is -2.34. The Morgan fingerprint density at radius 2 is 0.625 bits per heavy atom. The van der Waals surface area contributed by atoms with Gasteiger partial charge < -0.3 is 59.6 Å². The second kappa shape index (κ2) is 62.7. The van der Waals surface area contributed by atoms with Crippen LogP contribution in [0.5, 0.6) is 0 Å². The molecule has 0 aromatic heterocycles. The molecular weight excluding hydrogens is 2110 g/mol. The smallest absolute Gasteiger partial charge is 0.479 e. The minimum Gasteiger partial charge on any atom is -0.479 e. The Morgan fingerprint density at radius 1 is 0.340 bits per heavy atom. The van der Waals surface area contributed by atoms with E-state index in [1.54, 1.807) is 44.2 Å². The van der Waals surface area contributed by atoms with Crippen molar-refractivity contribution >= 4 is 160 Å². The van der Waals surface area contributed by atoms with Crippen LogP contribution in [-0.2, 0) is 122 Å². The number of carbonyl (C=O) groups is 8. The lowest BCUT2D eigenvalue weighted by molar-refractivity contribution is -0.163. The molecule has 0 saturated heterocycles. The highest BCUT2D eigenvalue weighted by atomic mass is 79.9. The first kappa shape index (κ1) is 121. The number of hydrogen-bond acceptors (Lipinski definition) is 20. The number of carbonyl (C=O) groups excluding carboxylic acids is 5. The fourth-order valence-corrected chi connectivity index (χ4v) is 14.5. The molecule has 0 heterocycles. The molecule has 0 aliphatic heterocycles. The SMILES string of the molecule is BrCc1ccccc1.CC(=O)[C@@H](C)OS(=O)(=O)C(F)(F)F.CC(=O)[C@H](C)O[C@@H](Cc1ccc(-c2cccc(Cl)c2)cc1)C(=O)O.CC(=O)[C@H](C)O[C@@H](Cc1ccc(-c2cccc(Cl)c2)cc1)C(=O)OCc1ccccc1.O=C(O)[C@@H](O)Cc1ccc(-c2cccc(Cl)c2)cc1.O=C(O)[C@@H](O)Cc1ccc(Br)cc1.O=C(OCc1ccccc1)[C@@H](O)Cc1ccc(-c2cccc(Cl)c2)cc1.OB(O)c1cccc(Cl)c1. The Balaban J connectivity index is 0.000000260. The van der Waals surface area contributed by atoms with Crippen LogP contribution in [0.25, 0.3) is 44.5 Å². The number of Topliss-reactive ketones (excluding diaryl/α,β-unsaturated/α-hetero) is 3. The van der Waals surface area contributed by atoms with Crippen LogP contribution in [0.15, 0.2) is 338 Å². The van der Waals surface area contributed by atoms with E-state index in [0.717, 1.165) is 107 Å². The van der Waals surface area contributed by atoms with Crippen molar-refractivity contribution in [2.24, 2.45) is 0 Å². The molecule has 0 bridgehead atoms. The molecule has 35 heteroatoms. The van der Waals surface area contributed by atoms with Crippen molar-refractivity contribution in [3.8, 4) is 44.5 Å². The fourth-order valence-electron chi connectivity index (χ4n) is 12.2. The molecule has 0 spiro atoms. The standard InChI is InChI=1S/C26H25ClO4.C22H19ClO3.C19H19ClO4.C15H13ClO3.C9H9BrO3.C7H7Br.C6H6BClO2.C5H7F3O4S/c1-18(28)19(2)31-25(26(29)30-17-21-7-4-3-5-8-21)15-20-11-13-22(14-12-20)23-9-6-10-24(27)16-23;23-20-8-4-7-19(14-20)18-11-9-16(10-12-18)13-21(24)22(25)26-15-17-5-2-1-3-6-17;1-12(21)13(2)24-18(19(22)23)10-14-6-8-15(9-7-14)16-4-3-5-17(20)11-16;16-13-3-1-2-12(9-13)11-6-4-10(5-7-11)8-14(17)15(18)19;10-7-3-1-6(2-4-7)5-8(11)9(12)13;8-6-7-4-2-1-3-5-7;8-6-3-1-2-5(4-6)7(9)10;1-3(9)4(2)12-13(10,11)5(6,7)8/h3-14,16,19,25H,15,17H2,1-2H3;1-12,14,21,24H,13,15H2;3-9,11,13,18H,10H2,1-2H3,(H,22,23);1-7,9,14,17H,8H2,(H,18,19);1-4,8,11H,5H2,(H,12,13);1-5H,6H2;1-4,9-10H;4H,1-2H3/t19-,25-;21-;13-,18-;14-;8-;;;4-/m00000..1/s1. The summed E-state index contributed by atoms with van der Waals surface area (Å²) in [6.45, 7) is 8.18. The minimum atomic E-state index is -5.66. The molecule has 0 aliphatic rings. The fraction of sp³-hybridized carbons (Fsp3) is 0.211. The van der Waals surface area contributed by atoms with E-state index in [0.29, 0.717) is 37.0 Å². The molecule has 23 nitrogen and oxygen atoms in total. The summed E-state index contributed by atoms with van der Waals surface area (Å²) in [6, 6.07) is 103. The highest BCUT2D eigenvalue weighted by Gasteiger charge is 2.48. The van der Waals surface area contributed by atoms with Crippen LogP contribution in [0.1, 0.15) is 86.1 Å². The zero-order valence-electron chi connectivity index (χ0n) is 78.5. The van der Waals surface area contributed by atoms with Crippen molar-refractivity contribution < 1.29 is 124 Å². The second-order valence-corrected chi connectivity index (χ2v) is 37.0. The van der Waals surface area contributed by atoms with E-state index >= 15 is 0 Å². The van der Waals surface area contributed by atoms with E-state index in [1.165, 1.54) is 25.5 Å². The van der Waals surface area contributed by atoms with Crippen LogP contribution in [0.4, 0.5) is 13.2 Å². The first-order valence-corrected chi connectivity index (χ1v) is 49.3. The van der Waals surface area contributed by atoms with Crippen molar-refractivity contribution in [3.63, 3.8) is 0 Å². The molecule has 0 radical (unpaired) electrons. The van der Waals surface area contributed by atoms with Gasteiger partial charge in [0.2, 0.25) is 0 Å². The molecular formula is C109H105BBr2Cl5F3O23S. The Morgan fingerprint density at radius 3 is 0.903 bits per heavy atom. The molecule has 0 saturated carbocycles. The molecule has 758 valence electrons. The molecule has 13 rings (SSSR count). The maximum atomic E-state index is 12.7. The number of hydrogen-bond donors (Lipinski definition) is 8. The number of benzene rings is 13. The molecule has 8 N–H and O–H groups in total. The third kappa shape index (κ3) is 45.6. The molecule has 144 heavy (non-hydrogen) atoms. The maximum absolute atomic E-state index is 12.7.